The highest BCUT2D eigenvalue weighted by Crippen LogP contribution is 2.73. The number of carbonyl (C=O) groups excluding carboxylic acids is 1. The molecule has 0 radical (unpaired) electrons. The molecule has 6 atom stereocenters. The van der Waals surface area contributed by atoms with Crippen LogP contribution in [0, 0.1) is 22.7 Å². The van der Waals surface area contributed by atoms with Crippen molar-refractivity contribution in [3.63, 3.8) is 0 Å². The quantitative estimate of drug-likeness (QED) is 0.682. The van der Waals surface area contributed by atoms with Gasteiger partial charge in [-0.2, -0.15) is 0 Å². The second-order valence-electron chi connectivity index (χ2n) is 8.96. The van der Waals surface area contributed by atoms with E-state index in [1.54, 1.807) is 12.2 Å². The lowest BCUT2D eigenvalue weighted by Crippen LogP contribution is -2.67. The fraction of sp³-hybridized carbons (Fsp3) is 0.762. The maximum absolute atomic E-state index is 16.9. The van der Waals surface area contributed by atoms with E-state index in [9.17, 15) is 9.90 Å². The minimum absolute atomic E-state index is 0.0510. The van der Waals surface area contributed by atoms with E-state index in [0.717, 1.165) is 31.3 Å². The number of alkyl halides is 1. The molecule has 5 heteroatoms. The van der Waals surface area contributed by atoms with Gasteiger partial charge in [0.15, 0.2) is 11.5 Å². The van der Waals surface area contributed by atoms with Crippen molar-refractivity contribution >= 4 is 29.3 Å². The van der Waals surface area contributed by atoms with Crippen molar-refractivity contribution in [2.75, 3.05) is 12.5 Å². The van der Waals surface area contributed by atoms with Crippen LogP contribution in [0.1, 0.15) is 46.0 Å². The van der Waals surface area contributed by atoms with Crippen LogP contribution >= 0.6 is 23.5 Å². The highest BCUT2D eigenvalue weighted by atomic mass is 32.2. The second kappa shape index (κ2) is 5.87. The van der Waals surface area contributed by atoms with Crippen molar-refractivity contribution in [2.24, 2.45) is 22.7 Å². The lowest BCUT2D eigenvalue weighted by atomic mass is 9.46. The van der Waals surface area contributed by atoms with E-state index < -0.39 is 17.2 Å². The van der Waals surface area contributed by atoms with Crippen LogP contribution in [-0.2, 0) is 4.79 Å². The first-order chi connectivity index (χ1) is 12.2. The number of thioether (sulfide) groups is 2. The molecular weight excluding hydrogens is 367 g/mol. The monoisotopic (exact) mass is 396 g/mol. The van der Waals surface area contributed by atoms with Gasteiger partial charge in [0.1, 0.15) is 0 Å². The third-order valence-electron chi connectivity index (χ3n) is 8.35. The number of aliphatic hydroxyl groups is 1. The van der Waals surface area contributed by atoms with Crippen molar-refractivity contribution in [3.8, 4) is 0 Å². The normalized spacial score (nSPS) is 49.2. The molecule has 0 aliphatic heterocycles. The maximum Gasteiger partial charge on any atom is 0.178 e. The lowest BCUT2D eigenvalue weighted by Gasteiger charge is -2.63. The van der Waals surface area contributed by atoms with Gasteiger partial charge in [-0.3, -0.25) is 4.79 Å². The third-order valence-corrected chi connectivity index (χ3v) is 12.0. The van der Waals surface area contributed by atoms with E-state index in [2.05, 4.69) is 19.4 Å². The SMILES string of the molecule is CSC1(SC)CC[C@H]2[C@@H]3CCC4=CC(=O)C=C[C@]4(C)[C@@]3(F)[C@@H](O)C[C@@]21C. The number of ketones is 1. The van der Waals surface area contributed by atoms with Crippen LogP contribution < -0.4 is 0 Å². The van der Waals surface area contributed by atoms with E-state index in [1.807, 2.05) is 30.4 Å². The molecule has 2 nitrogen and oxygen atoms in total. The highest BCUT2D eigenvalue weighted by Gasteiger charge is 2.72. The first-order valence-electron chi connectivity index (χ1n) is 9.60. The summed E-state index contributed by atoms with van der Waals surface area (Å²) in [7, 11) is 0. The standard InChI is InChI=1S/C21H29FO2S2/c1-18-9-7-14(23)11-13(18)5-6-16-15-8-10-20(25-3,26-4)19(15,2)12-17(24)21(16,18)22/h7,9,11,15-17,24H,5-6,8,10,12H2,1-4H3/t15-,16-,17-,18-,19-,21-/m0/s1. The van der Waals surface area contributed by atoms with Gasteiger partial charge in [-0.05, 0) is 75.0 Å². The number of aliphatic hydroxyl groups excluding tert-OH is 1. The largest absolute Gasteiger partial charge is 0.390 e. The zero-order chi connectivity index (χ0) is 19.0. The molecule has 4 aliphatic rings. The summed E-state index contributed by atoms with van der Waals surface area (Å²) in [5.41, 5.74) is -1.76. The minimum Gasteiger partial charge on any atom is -0.390 e. The maximum atomic E-state index is 16.9. The zero-order valence-corrected chi connectivity index (χ0v) is 17.7. The number of fused-ring (bicyclic) bond motifs is 5. The van der Waals surface area contributed by atoms with E-state index in [1.165, 1.54) is 6.08 Å². The van der Waals surface area contributed by atoms with E-state index in [-0.39, 0.29) is 27.1 Å². The Hall–Kier alpha value is -0.260. The molecule has 0 unspecified atom stereocenters. The van der Waals surface area contributed by atoms with Crippen molar-refractivity contribution < 1.29 is 14.3 Å². The number of hydrogen-bond acceptors (Lipinski definition) is 4. The van der Waals surface area contributed by atoms with Gasteiger partial charge in [-0.1, -0.05) is 18.6 Å². The van der Waals surface area contributed by atoms with Gasteiger partial charge in [0.25, 0.3) is 0 Å². The van der Waals surface area contributed by atoms with Gasteiger partial charge >= 0.3 is 0 Å². The van der Waals surface area contributed by atoms with Crippen molar-refractivity contribution in [1.82, 2.24) is 0 Å². The predicted octanol–water partition coefficient (Wildman–Crippen LogP) is 4.78. The molecule has 4 rings (SSSR count). The Morgan fingerprint density at radius 3 is 2.54 bits per heavy atom. The average Bonchev–Trinajstić information content (AvgIpc) is 2.89. The molecule has 1 N–H and O–H groups in total. The van der Waals surface area contributed by atoms with Gasteiger partial charge < -0.3 is 5.11 Å². The molecule has 0 spiro atoms. The van der Waals surface area contributed by atoms with Gasteiger partial charge in [-0.15, -0.1) is 23.5 Å². The Morgan fingerprint density at radius 2 is 1.88 bits per heavy atom. The average molecular weight is 397 g/mol. The van der Waals surface area contributed by atoms with Gasteiger partial charge in [-0.25, -0.2) is 4.39 Å². The van der Waals surface area contributed by atoms with Crippen molar-refractivity contribution in [1.29, 1.82) is 0 Å². The van der Waals surface area contributed by atoms with Gasteiger partial charge in [0.2, 0.25) is 0 Å². The fourth-order valence-electron chi connectivity index (χ4n) is 6.91. The molecule has 0 heterocycles. The number of halogens is 1. The first kappa shape index (κ1) is 19.1. The number of rotatable bonds is 2. The fourth-order valence-corrected chi connectivity index (χ4v) is 9.63. The van der Waals surface area contributed by atoms with Crippen LogP contribution in [-0.4, -0.2) is 39.3 Å². The van der Waals surface area contributed by atoms with E-state index >= 15 is 4.39 Å². The summed E-state index contributed by atoms with van der Waals surface area (Å²) < 4.78 is 16.9. The summed E-state index contributed by atoms with van der Waals surface area (Å²) in [5, 5.41) is 11.2. The molecular formula is C21H29FO2S2. The third kappa shape index (κ3) is 2.03. The van der Waals surface area contributed by atoms with Gasteiger partial charge in [0, 0.05) is 11.3 Å². The topological polar surface area (TPSA) is 37.3 Å². The van der Waals surface area contributed by atoms with Crippen LogP contribution in [0.25, 0.3) is 0 Å². The molecule has 144 valence electrons. The summed E-state index contributed by atoms with van der Waals surface area (Å²) in [6.07, 6.45) is 12.3. The van der Waals surface area contributed by atoms with E-state index in [0.29, 0.717) is 6.42 Å². The number of carbonyl (C=O) groups is 1. The smallest absolute Gasteiger partial charge is 0.178 e. The van der Waals surface area contributed by atoms with Crippen LogP contribution in [0.3, 0.4) is 0 Å². The zero-order valence-electron chi connectivity index (χ0n) is 16.0. The number of allylic oxidation sites excluding steroid dienone is 4. The molecule has 0 amide bonds. The van der Waals surface area contributed by atoms with Crippen LogP contribution in [0.5, 0.6) is 0 Å². The van der Waals surface area contributed by atoms with E-state index in [4.69, 9.17) is 0 Å². The molecule has 0 aromatic heterocycles. The first-order valence-corrected chi connectivity index (χ1v) is 12.0. The molecule has 0 aromatic carbocycles. The Bertz CT molecular complexity index is 700. The summed E-state index contributed by atoms with van der Waals surface area (Å²) >= 11 is 3.77. The minimum atomic E-state index is -1.69. The Kier molecular flexibility index (Phi) is 4.31. The van der Waals surface area contributed by atoms with Crippen LogP contribution in [0.2, 0.25) is 0 Å². The van der Waals surface area contributed by atoms with Gasteiger partial charge in [0.05, 0.1) is 10.2 Å². The Labute approximate surface area is 164 Å². The molecule has 0 bridgehead atoms. The summed E-state index contributed by atoms with van der Waals surface area (Å²) in [5.74, 6) is 0.0666. The molecule has 3 saturated carbocycles. The van der Waals surface area contributed by atoms with Crippen molar-refractivity contribution in [3.05, 3.63) is 23.8 Å². The van der Waals surface area contributed by atoms with Crippen LogP contribution in [0.4, 0.5) is 4.39 Å². The molecule has 0 saturated heterocycles. The van der Waals surface area contributed by atoms with Crippen LogP contribution in [0.15, 0.2) is 23.8 Å². The highest BCUT2D eigenvalue weighted by molar-refractivity contribution is 8.17. The summed E-state index contributed by atoms with van der Waals surface area (Å²) in [6.45, 7) is 4.18. The molecule has 3 fully saturated rings. The molecule has 0 aromatic rings. The number of hydrogen-bond donors (Lipinski definition) is 1. The van der Waals surface area contributed by atoms with Crippen molar-refractivity contribution in [2.45, 2.75) is 61.8 Å². The summed E-state index contributed by atoms with van der Waals surface area (Å²) in [4.78, 5) is 11.8. The predicted molar refractivity (Wildman–Crippen MR) is 108 cm³/mol. The summed E-state index contributed by atoms with van der Waals surface area (Å²) in [6, 6.07) is 0. The Balaban J connectivity index is 1.82. The lowest BCUT2D eigenvalue weighted by molar-refractivity contribution is -0.189. The Morgan fingerprint density at radius 1 is 1.19 bits per heavy atom. The molecule has 4 aliphatic carbocycles. The molecule has 26 heavy (non-hydrogen) atoms. The second-order valence-corrected chi connectivity index (χ2v) is 11.4.